The SMILES string of the molecule is O=C(NCCCOC1CCNCC1)c1cccc(F)c1Br. The molecule has 0 aliphatic carbocycles. The summed E-state index contributed by atoms with van der Waals surface area (Å²) in [6.45, 7) is 3.17. The first-order valence-electron chi connectivity index (χ1n) is 7.23. The molecule has 21 heavy (non-hydrogen) atoms. The first-order valence-corrected chi connectivity index (χ1v) is 8.02. The van der Waals surface area contributed by atoms with E-state index in [2.05, 4.69) is 26.6 Å². The number of rotatable bonds is 6. The van der Waals surface area contributed by atoms with Crippen molar-refractivity contribution in [1.82, 2.24) is 10.6 Å². The van der Waals surface area contributed by atoms with Gasteiger partial charge in [0.05, 0.1) is 16.1 Å². The van der Waals surface area contributed by atoms with Crippen molar-refractivity contribution in [2.75, 3.05) is 26.2 Å². The number of piperidine rings is 1. The molecule has 0 aromatic heterocycles. The summed E-state index contributed by atoms with van der Waals surface area (Å²) in [6.07, 6.45) is 3.17. The third-order valence-corrected chi connectivity index (χ3v) is 4.25. The fourth-order valence-electron chi connectivity index (χ4n) is 2.26. The second kappa shape index (κ2) is 8.46. The standard InChI is InChI=1S/C15H20BrFN2O2/c16-14-12(3-1-4-13(14)17)15(20)19-7-2-10-21-11-5-8-18-9-6-11/h1,3-4,11,18H,2,5-10H2,(H,19,20). The van der Waals surface area contributed by atoms with Crippen molar-refractivity contribution in [2.24, 2.45) is 0 Å². The van der Waals surface area contributed by atoms with Crippen molar-refractivity contribution < 1.29 is 13.9 Å². The van der Waals surface area contributed by atoms with Gasteiger partial charge in [0, 0.05) is 13.2 Å². The van der Waals surface area contributed by atoms with Gasteiger partial charge >= 0.3 is 0 Å². The van der Waals surface area contributed by atoms with Gasteiger partial charge in [-0.05, 0) is 60.4 Å². The smallest absolute Gasteiger partial charge is 0.252 e. The van der Waals surface area contributed by atoms with E-state index in [0.717, 1.165) is 32.4 Å². The Balaban J connectivity index is 1.66. The highest BCUT2D eigenvalue weighted by atomic mass is 79.9. The second-order valence-corrected chi connectivity index (χ2v) is 5.82. The van der Waals surface area contributed by atoms with Gasteiger partial charge in [0.15, 0.2) is 0 Å². The molecule has 116 valence electrons. The number of nitrogens with one attached hydrogen (secondary N) is 2. The van der Waals surface area contributed by atoms with Crippen molar-refractivity contribution in [3.63, 3.8) is 0 Å². The Morgan fingerprint density at radius 1 is 1.43 bits per heavy atom. The molecule has 4 nitrogen and oxygen atoms in total. The first-order chi connectivity index (χ1) is 10.2. The fraction of sp³-hybridized carbons (Fsp3) is 0.533. The molecule has 0 spiro atoms. The van der Waals surface area contributed by atoms with Crippen molar-refractivity contribution in [3.8, 4) is 0 Å². The molecule has 0 atom stereocenters. The molecule has 2 N–H and O–H groups in total. The van der Waals surface area contributed by atoms with E-state index in [0.29, 0.717) is 24.8 Å². The van der Waals surface area contributed by atoms with Gasteiger partial charge in [0.25, 0.3) is 5.91 Å². The van der Waals surface area contributed by atoms with Crippen LogP contribution >= 0.6 is 15.9 Å². The molecule has 0 unspecified atom stereocenters. The number of hydrogen-bond donors (Lipinski definition) is 2. The summed E-state index contributed by atoms with van der Waals surface area (Å²) in [5.74, 6) is -0.708. The Hall–Kier alpha value is -0.980. The lowest BCUT2D eigenvalue weighted by atomic mass is 10.1. The minimum Gasteiger partial charge on any atom is -0.378 e. The van der Waals surface area contributed by atoms with E-state index in [9.17, 15) is 9.18 Å². The zero-order chi connectivity index (χ0) is 15.1. The largest absolute Gasteiger partial charge is 0.378 e. The average Bonchev–Trinajstić information content (AvgIpc) is 2.50. The lowest BCUT2D eigenvalue weighted by Crippen LogP contribution is -2.33. The Morgan fingerprint density at radius 3 is 2.95 bits per heavy atom. The highest BCUT2D eigenvalue weighted by Gasteiger charge is 2.14. The number of ether oxygens (including phenoxy) is 1. The van der Waals surface area contributed by atoms with Crippen LogP contribution in [0, 0.1) is 5.82 Å². The number of amides is 1. The molecule has 1 aromatic rings. The highest BCUT2D eigenvalue weighted by molar-refractivity contribution is 9.10. The Kier molecular flexibility index (Phi) is 6.60. The van der Waals surface area contributed by atoms with E-state index in [-0.39, 0.29) is 10.4 Å². The van der Waals surface area contributed by atoms with Gasteiger partial charge in [-0.2, -0.15) is 0 Å². The van der Waals surface area contributed by atoms with E-state index < -0.39 is 5.82 Å². The molecule has 1 aliphatic heterocycles. The van der Waals surface area contributed by atoms with E-state index in [4.69, 9.17) is 4.74 Å². The molecule has 1 saturated heterocycles. The maximum absolute atomic E-state index is 13.3. The van der Waals surface area contributed by atoms with Crippen LogP contribution in [0.5, 0.6) is 0 Å². The summed E-state index contributed by atoms with van der Waals surface area (Å²) < 4.78 is 19.3. The number of benzene rings is 1. The van der Waals surface area contributed by atoms with Crippen LogP contribution in [0.2, 0.25) is 0 Å². The quantitative estimate of drug-likeness (QED) is 0.768. The molecule has 1 aromatic carbocycles. The monoisotopic (exact) mass is 358 g/mol. The van der Waals surface area contributed by atoms with Crippen molar-refractivity contribution in [2.45, 2.75) is 25.4 Å². The maximum Gasteiger partial charge on any atom is 0.252 e. The van der Waals surface area contributed by atoms with Crippen LogP contribution < -0.4 is 10.6 Å². The van der Waals surface area contributed by atoms with Crippen LogP contribution in [0.25, 0.3) is 0 Å². The molecule has 1 fully saturated rings. The Labute approximate surface area is 132 Å². The minimum absolute atomic E-state index is 0.202. The predicted octanol–water partition coefficient (Wildman–Crippen LogP) is 2.48. The fourth-order valence-corrected chi connectivity index (χ4v) is 2.70. The Morgan fingerprint density at radius 2 is 2.19 bits per heavy atom. The lowest BCUT2D eigenvalue weighted by molar-refractivity contribution is 0.0318. The molecule has 1 heterocycles. The van der Waals surface area contributed by atoms with Crippen LogP contribution in [0.3, 0.4) is 0 Å². The van der Waals surface area contributed by atoms with Gasteiger partial charge in [-0.3, -0.25) is 4.79 Å². The van der Waals surface area contributed by atoms with Gasteiger partial charge in [0.1, 0.15) is 5.82 Å². The lowest BCUT2D eigenvalue weighted by Gasteiger charge is -2.22. The average molecular weight is 359 g/mol. The van der Waals surface area contributed by atoms with Crippen LogP contribution in [-0.2, 0) is 4.74 Å². The predicted molar refractivity (Wildman–Crippen MR) is 82.9 cm³/mol. The van der Waals surface area contributed by atoms with E-state index in [1.807, 2.05) is 0 Å². The molecular formula is C15H20BrFN2O2. The minimum atomic E-state index is -0.433. The third-order valence-electron chi connectivity index (χ3n) is 3.44. The molecule has 6 heteroatoms. The zero-order valence-corrected chi connectivity index (χ0v) is 13.4. The summed E-state index contributed by atoms with van der Waals surface area (Å²) in [5.41, 5.74) is 0.314. The Bertz CT molecular complexity index is 479. The number of carbonyl (C=O) groups excluding carboxylic acids is 1. The van der Waals surface area contributed by atoms with E-state index >= 15 is 0 Å². The summed E-state index contributed by atoms with van der Waals surface area (Å²) >= 11 is 3.09. The number of hydrogen-bond acceptors (Lipinski definition) is 3. The van der Waals surface area contributed by atoms with E-state index in [1.165, 1.54) is 12.1 Å². The summed E-state index contributed by atoms with van der Waals surface area (Å²) in [4.78, 5) is 11.9. The zero-order valence-electron chi connectivity index (χ0n) is 11.8. The van der Waals surface area contributed by atoms with E-state index in [1.54, 1.807) is 6.07 Å². The van der Waals surface area contributed by atoms with Crippen molar-refractivity contribution in [3.05, 3.63) is 34.1 Å². The normalized spacial score (nSPS) is 15.9. The summed E-state index contributed by atoms with van der Waals surface area (Å²) in [5, 5.41) is 6.06. The molecule has 0 bridgehead atoms. The van der Waals surface area contributed by atoms with Crippen molar-refractivity contribution >= 4 is 21.8 Å². The van der Waals surface area contributed by atoms with Gasteiger partial charge in [-0.25, -0.2) is 4.39 Å². The molecule has 0 radical (unpaired) electrons. The highest BCUT2D eigenvalue weighted by Crippen LogP contribution is 2.20. The topological polar surface area (TPSA) is 50.4 Å². The van der Waals surface area contributed by atoms with Crippen LogP contribution in [-0.4, -0.2) is 38.3 Å². The van der Waals surface area contributed by atoms with Crippen molar-refractivity contribution in [1.29, 1.82) is 0 Å². The van der Waals surface area contributed by atoms with Crippen LogP contribution in [0.1, 0.15) is 29.6 Å². The van der Waals surface area contributed by atoms with Gasteiger partial charge in [-0.15, -0.1) is 0 Å². The molecule has 1 amide bonds. The van der Waals surface area contributed by atoms with Gasteiger partial charge in [0.2, 0.25) is 0 Å². The second-order valence-electron chi connectivity index (χ2n) is 5.03. The summed E-state index contributed by atoms with van der Waals surface area (Å²) in [6, 6.07) is 4.43. The first kappa shape index (κ1) is 16.4. The molecule has 1 aliphatic rings. The molecule has 0 saturated carbocycles. The van der Waals surface area contributed by atoms with Gasteiger partial charge in [-0.1, -0.05) is 6.07 Å². The third kappa shape index (κ3) is 5.05. The van der Waals surface area contributed by atoms with Crippen LogP contribution in [0.4, 0.5) is 4.39 Å². The number of carbonyl (C=O) groups is 1. The van der Waals surface area contributed by atoms with Gasteiger partial charge < -0.3 is 15.4 Å². The summed E-state index contributed by atoms with van der Waals surface area (Å²) in [7, 11) is 0. The van der Waals surface area contributed by atoms with Crippen LogP contribution in [0.15, 0.2) is 22.7 Å². The number of halogens is 2. The molecule has 2 rings (SSSR count). The molecular weight excluding hydrogens is 339 g/mol. The maximum atomic E-state index is 13.3.